The van der Waals surface area contributed by atoms with E-state index in [1.165, 1.54) is 18.5 Å². The number of carbonyl (C=O) groups is 2. The SMILES string of the molecule is CC1CCN(c2ccc(NC(=O)CN3CC(=O)Oc4ccccc43)cc2)CC1. The number of fused-ring (bicyclic) bond motifs is 1. The van der Waals surface area contributed by atoms with Crippen molar-refractivity contribution >= 4 is 28.9 Å². The van der Waals surface area contributed by atoms with Crippen LogP contribution in [0.5, 0.6) is 5.75 Å². The van der Waals surface area contributed by atoms with Gasteiger partial charge < -0.3 is 19.9 Å². The maximum atomic E-state index is 12.5. The first kappa shape index (κ1) is 18.3. The van der Waals surface area contributed by atoms with E-state index in [1.807, 2.05) is 24.3 Å². The Bertz CT molecular complexity index is 858. The molecule has 2 aliphatic heterocycles. The van der Waals surface area contributed by atoms with Gasteiger partial charge in [-0.25, -0.2) is 4.79 Å². The highest BCUT2D eigenvalue weighted by Gasteiger charge is 2.25. The van der Waals surface area contributed by atoms with Crippen molar-refractivity contribution in [3.63, 3.8) is 0 Å². The number of amides is 1. The maximum Gasteiger partial charge on any atom is 0.331 e. The molecular weight excluding hydrogens is 354 g/mol. The summed E-state index contributed by atoms with van der Waals surface area (Å²) in [5.74, 6) is 0.773. The Morgan fingerprint density at radius 3 is 2.57 bits per heavy atom. The minimum atomic E-state index is -0.355. The minimum absolute atomic E-state index is 0.0662. The van der Waals surface area contributed by atoms with E-state index in [1.54, 1.807) is 17.0 Å². The number of benzene rings is 2. The number of ether oxygens (including phenoxy) is 1. The van der Waals surface area contributed by atoms with E-state index in [-0.39, 0.29) is 25.0 Å². The molecule has 0 spiro atoms. The summed E-state index contributed by atoms with van der Waals surface area (Å²) >= 11 is 0. The van der Waals surface area contributed by atoms with Gasteiger partial charge in [-0.15, -0.1) is 0 Å². The molecule has 1 fully saturated rings. The summed E-state index contributed by atoms with van der Waals surface area (Å²) in [4.78, 5) is 28.4. The molecule has 2 aliphatic rings. The molecular formula is C22H25N3O3. The summed E-state index contributed by atoms with van der Waals surface area (Å²) in [6.45, 7) is 4.62. The molecule has 0 aromatic heterocycles. The van der Waals surface area contributed by atoms with E-state index in [2.05, 4.69) is 29.3 Å². The standard InChI is InChI=1S/C22H25N3O3/c1-16-10-12-24(13-11-16)18-8-6-17(7-9-18)23-21(26)14-25-15-22(27)28-20-5-3-2-4-19(20)25/h2-9,16H,10-15H2,1H3,(H,23,26). The summed E-state index contributed by atoms with van der Waals surface area (Å²) in [6, 6.07) is 15.2. The molecule has 28 heavy (non-hydrogen) atoms. The predicted molar refractivity (Wildman–Crippen MR) is 110 cm³/mol. The van der Waals surface area contributed by atoms with Crippen LogP contribution in [0, 0.1) is 5.92 Å². The van der Waals surface area contributed by atoms with Crippen molar-refractivity contribution in [1.29, 1.82) is 0 Å². The molecule has 6 heteroatoms. The Morgan fingerprint density at radius 1 is 1.11 bits per heavy atom. The fourth-order valence-corrected chi connectivity index (χ4v) is 3.74. The number of anilines is 3. The van der Waals surface area contributed by atoms with Crippen LogP contribution in [0.25, 0.3) is 0 Å². The largest absolute Gasteiger partial charge is 0.423 e. The van der Waals surface area contributed by atoms with Crippen LogP contribution in [0.15, 0.2) is 48.5 Å². The number of esters is 1. The van der Waals surface area contributed by atoms with E-state index in [4.69, 9.17) is 4.74 Å². The highest BCUT2D eigenvalue weighted by Crippen LogP contribution is 2.31. The van der Waals surface area contributed by atoms with E-state index >= 15 is 0 Å². The van der Waals surface area contributed by atoms with Gasteiger partial charge in [0.1, 0.15) is 6.54 Å². The van der Waals surface area contributed by atoms with E-state index in [0.29, 0.717) is 5.75 Å². The normalized spacial score (nSPS) is 17.1. The summed E-state index contributed by atoms with van der Waals surface area (Å²) in [5, 5.41) is 2.92. The number of hydrogen-bond donors (Lipinski definition) is 1. The molecule has 0 saturated carbocycles. The highest BCUT2D eigenvalue weighted by atomic mass is 16.5. The van der Waals surface area contributed by atoms with Gasteiger partial charge in [0.25, 0.3) is 0 Å². The average Bonchev–Trinajstić information content (AvgIpc) is 2.69. The first-order chi connectivity index (χ1) is 13.6. The second kappa shape index (κ2) is 7.92. The molecule has 2 aromatic rings. The third-order valence-corrected chi connectivity index (χ3v) is 5.38. The van der Waals surface area contributed by atoms with Crippen LogP contribution in [-0.2, 0) is 9.59 Å². The molecule has 1 N–H and O–H groups in total. The first-order valence-electron chi connectivity index (χ1n) is 9.78. The Kier molecular flexibility index (Phi) is 5.19. The van der Waals surface area contributed by atoms with Crippen LogP contribution >= 0.6 is 0 Å². The number of para-hydroxylation sites is 2. The predicted octanol–water partition coefficient (Wildman–Crippen LogP) is 3.29. The molecule has 0 aliphatic carbocycles. The fraction of sp³-hybridized carbons (Fsp3) is 0.364. The molecule has 146 valence electrons. The number of nitrogens with zero attached hydrogens (tertiary/aromatic N) is 2. The Morgan fingerprint density at radius 2 is 1.82 bits per heavy atom. The smallest absolute Gasteiger partial charge is 0.331 e. The van der Waals surface area contributed by atoms with Gasteiger partial charge in [-0.3, -0.25) is 4.79 Å². The van der Waals surface area contributed by atoms with Crippen molar-refractivity contribution in [1.82, 2.24) is 0 Å². The van der Waals surface area contributed by atoms with Crippen molar-refractivity contribution in [3.05, 3.63) is 48.5 Å². The zero-order chi connectivity index (χ0) is 19.5. The molecule has 0 radical (unpaired) electrons. The van der Waals surface area contributed by atoms with Crippen LogP contribution in [0.1, 0.15) is 19.8 Å². The molecule has 1 saturated heterocycles. The van der Waals surface area contributed by atoms with E-state index in [0.717, 1.165) is 30.4 Å². The number of nitrogens with one attached hydrogen (secondary N) is 1. The number of hydrogen-bond acceptors (Lipinski definition) is 5. The number of rotatable bonds is 4. The van der Waals surface area contributed by atoms with E-state index in [9.17, 15) is 9.59 Å². The fourth-order valence-electron chi connectivity index (χ4n) is 3.74. The highest BCUT2D eigenvalue weighted by molar-refractivity contribution is 5.96. The van der Waals surface area contributed by atoms with Gasteiger partial charge in [0.15, 0.2) is 5.75 Å². The summed E-state index contributed by atoms with van der Waals surface area (Å²) < 4.78 is 5.22. The van der Waals surface area contributed by atoms with Gasteiger partial charge in [-0.05, 0) is 55.2 Å². The zero-order valence-corrected chi connectivity index (χ0v) is 16.1. The topological polar surface area (TPSA) is 61.9 Å². The third kappa shape index (κ3) is 4.11. The molecule has 0 atom stereocenters. The minimum Gasteiger partial charge on any atom is -0.423 e. The molecule has 2 aromatic carbocycles. The molecule has 0 unspecified atom stereocenters. The van der Waals surface area contributed by atoms with Crippen LogP contribution in [0.2, 0.25) is 0 Å². The van der Waals surface area contributed by atoms with E-state index < -0.39 is 0 Å². The second-order valence-corrected chi connectivity index (χ2v) is 7.56. The lowest BCUT2D eigenvalue weighted by atomic mass is 9.99. The second-order valence-electron chi connectivity index (χ2n) is 7.56. The van der Waals surface area contributed by atoms with Gasteiger partial charge in [-0.1, -0.05) is 19.1 Å². The van der Waals surface area contributed by atoms with Gasteiger partial charge in [-0.2, -0.15) is 0 Å². The van der Waals surface area contributed by atoms with Crippen molar-refractivity contribution in [2.24, 2.45) is 5.92 Å². The Labute approximate surface area is 165 Å². The van der Waals surface area contributed by atoms with Crippen molar-refractivity contribution in [2.45, 2.75) is 19.8 Å². The van der Waals surface area contributed by atoms with Crippen molar-refractivity contribution < 1.29 is 14.3 Å². The molecule has 6 nitrogen and oxygen atoms in total. The average molecular weight is 379 g/mol. The lowest BCUT2D eigenvalue weighted by Crippen LogP contribution is -2.41. The van der Waals surface area contributed by atoms with Gasteiger partial charge in [0.05, 0.1) is 12.2 Å². The Balaban J connectivity index is 1.37. The molecule has 0 bridgehead atoms. The van der Waals surface area contributed by atoms with Gasteiger partial charge in [0, 0.05) is 24.5 Å². The maximum absolute atomic E-state index is 12.5. The van der Waals surface area contributed by atoms with Crippen LogP contribution in [0.3, 0.4) is 0 Å². The third-order valence-electron chi connectivity index (χ3n) is 5.38. The zero-order valence-electron chi connectivity index (χ0n) is 16.1. The van der Waals surface area contributed by atoms with Gasteiger partial charge in [0.2, 0.25) is 5.91 Å². The monoisotopic (exact) mass is 379 g/mol. The summed E-state index contributed by atoms with van der Waals surface area (Å²) in [5.41, 5.74) is 2.71. The molecule has 4 rings (SSSR count). The lowest BCUT2D eigenvalue weighted by molar-refractivity contribution is -0.133. The summed E-state index contributed by atoms with van der Waals surface area (Å²) in [7, 11) is 0. The Hall–Kier alpha value is -3.02. The number of piperidine rings is 1. The van der Waals surface area contributed by atoms with Crippen LogP contribution in [0.4, 0.5) is 17.1 Å². The number of carbonyl (C=O) groups excluding carboxylic acids is 2. The summed E-state index contributed by atoms with van der Waals surface area (Å²) in [6.07, 6.45) is 2.44. The quantitative estimate of drug-likeness (QED) is 0.652. The molecule has 2 heterocycles. The first-order valence-corrected chi connectivity index (χ1v) is 9.78. The van der Waals surface area contributed by atoms with Gasteiger partial charge >= 0.3 is 5.97 Å². The van der Waals surface area contributed by atoms with Crippen molar-refractivity contribution in [2.75, 3.05) is 41.3 Å². The lowest BCUT2D eigenvalue weighted by Gasteiger charge is -2.32. The van der Waals surface area contributed by atoms with Crippen LogP contribution in [-0.4, -0.2) is 38.1 Å². The molecule has 1 amide bonds. The van der Waals surface area contributed by atoms with Crippen LogP contribution < -0.4 is 19.9 Å². The van der Waals surface area contributed by atoms with Crippen molar-refractivity contribution in [3.8, 4) is 5.75 Å².